The molecule has 0 saturated heterocycles. The minimum atomic E-state index is -0.761. The van der Waals surface area contributed by atoms with Crippen LogP contribution in [0.4, 0.5) is 0 Å². The first kappa shape index (κ1) is 59.4. The third-order valence-electron chi connectivity index (χ3n) is 12.5. The van der Waals surface area contributed by atoms with E-state index < -0.39 is 6.10 Å². The van der Waals surface area contributed by atoms with Gasteiger partial charge in [-0.3, -0.25) is 14.4 Å². The molecule has 0 rings (SSSR count). The molecular weight excluding hydrogens is 757 g/mol. The molecule has 0 spiro atoms. The van der Waals surface area contributed by atoms with Crippen LogP contribution in [0.2, 0.25) is 0 Å². The van der Waals surface area contributed by atoms with Crippen molar-refractivity contribution in [1.29, 1.82) is 0 Å². The first-order chi connectivity index (χ1) is 29.7. The Hall–Kier alpha value is -1.59. The molecule has 6 heteroatoms. The normalized spacial score (nSPS) is 12.0. The summed E-state index contributed by atoms with van der Waals surface area (Å²) in [7, 11) is 0. The fourth-order valence-electron chi connectivity index (χ4n) is 8.34. The average Bonchev–Trinajstić information content (AvgIpc) is 3.23. The number of esters is 3. The van der Waals surface area contributed by atoms with Crippen molar-refractivity contribution in [2.75, 3.05) is 13.2 Å². The van der Waals surface area contributed by atoms with Crippen LogP contribution in [-0.2, 0) is 28.6 Å². The van der Waals surface area contributed by atoms with Gasteiger partial charge >= 0.3 is 17.9 Å². The second-order valence-corrected chi connectivity index (χ2v) is 19.8. The third-order valence-corrected chi connectivity index (χ3v) is 12.5. The summed E-state index contributed by atoms with van der Waals surface area (Å²) in [5.74, 6) is 0.830. The number of hydrogen-bond acceptors (Lipinski definition) is 6. The maximum atomic E-state index is 12.7. The van der Waals surface area contributed by atoms with Gasteiger partial charge in [-0.2, -0.15) is 0 Å². The highest BCUT2D eigenvalue weighted by atomic mass is 16.6. The van der Waals surface area contributed by atoms with Crippen LogP contribution in [0, 0.1) is 11.8 Å². The van der Waals surface area contributed by atoms with Crippen LogP contribution >= 0.6 is 0 Å². The lowest BCUT2D eigenvalue weighted by molar-refractivity contribution is -0.167. The van der Waals surface area contributed by atoms with Gasteiger partial charge in [0.05, 0.1) is 0 Å². The maximum absolute atomic E-state index is 12.7. The summed E-state index contributed by atoms with van der Waals surface area (Å²) in [5.41, 5.74) is 0. The Kier molecular flexibility index (Phi) is 46.6. The first-order valence-corrected chi connectivity index (χ1v) is 27.2. The number of ether oxygens (including phenoxy) is 3. The van der Waals surface area contributed by atoms with Crippen LogP contribution in [-0.4, -0.2) is 37.2 Å². The van der Waals surface area contributed by atoms with E-state index in [-0.39, 0.29) is 31.1 Å². The third kappa shape index (κ3) is 49.3. The van der Waals surface area contributed by atoms with Gasteiger partial charge in [0.15, 0.2) is 6.10 Å². The van der Waals surface area contributed by atoms with Crippen LogP contribution in [0.25, 0.3) is 0 Å². The summed E-state index contributed by atoms with van der Waals surface area (Å²) in [5, 5.41) is 0. The zero-order chi connectivity index (χ0) is 44.7. The number of rotatable bonds is 49. The molecule has 0 N–H and O–H groups in total. The molecule has 1 atom stereocenters. The van der Waals surface area contributed by atoms with Gasteiger partial charge in [-0.25, -0.2) is 0 Å². The zero-order valence-electron chi connectivity index (χ0n) is 41.8. The Bertz CT molecular complexity index is 931. The molecule has 0 fully saturated rings. The molecule has 0 aromatic rings. The lowest BCUT2D eigenvalue weighted by Crippen LogP contribution is -2.30. The standard InChI is InChI=1S/C55H106O6/c1-6-7-8-9-10-23-32-37-42-47-55(58)61-52(49-60-54(57)46-41-36-31-27-22-21-25-29-34-39-44-51(4)5)48-59-53(56)45-40-35-30-26-20-18-16-14-12-11-13-15-17-19-24-28-33-38-43-50(2)3/h50-52H,6-49H2,1-5H3/t52-/m0/s1. The maximum Gasteiger partial charge on any atom is 0.306 e. The molecule has 0 saturated carbocycles. The Morgan fingerprint density at radius 2 is 0.541 bits per heavy atom. The Balaban J connectivity index is 4.16. The van der Waals surface area contributed by atoms with Crippen molar-refractivity contribution in [2.45, 2.75) is 310 Å². The predicted octanol–water partition coefficient (Wildman–Crippen LogP) is 17.7. The summed E-state index contributed by atoms with van der Waals surface area (Å²) in [4.78, 5) is 37.9. The fourth-order valence-corrected chi connectivity index (χ4v) is 8.34. The SMILES string of the molecule is CCCCCCCCCCCC(=O)O[C@@H](COC(=O)CCCCCCCCCCCCCCCCCCCCC(C)C)COC(=O)CCCCCCCCCCCCC(C)C. The van der Waals surface area contributed by atoms with E-state index in [4.69, 9.17) is 14.2 Å². The van der Waals surface area contributed by atoms with Gasteiger partial charge in [0, 0.05) is 19.3 Å². The van der Waals surface area contributed by atoms with Crippen molar-refractivity contribution in [3.05, 3.63) is 0 Å². The highest BCUT2D eigenvalue weighted by molar-refractivity contribution is 5.71. The number of unbranched alkanes of at least 4 members (excludes halogenated alkanes) is 34. The van der Waals surface area contributed by atoms with Gasteiger partial charge in [0.2, 0.25) is 0 Å². The molecule has 0 aromatic heterocycles. The van der Waals surface area contributed by atoms with E-state index in [9.17, 15) is 14.4 Å². The molecule has 0 amide bonds. The largest absolute Gasteiger partial charge is 0.462 e. The van der Waals surface area contributed by atoms with Crippen LogP contribution < -0.4 is 0 Å². The molecular formula is C55H106O6. The Morgan fingerprint density at radius 3 is 0.803 bits per heavy atom. The summed E-state index contributed by atoms with van der Waals surface area (Å²) in [6.45, 7) is 11.4. The highest BCUT2D eigenvalue weighted by Crippen LogP contribution is 2.18. The quantitative estimate of drug-likeness (QED) is 0.0344. The van der Waals surface area contributed by atoms with E-state index in [1.165, 1.54) is 193 Å². The van der Waals surface area contributed by atoms with Gasteiger partial charge in [-0.15, -0.1) is 0 Å². The molecule has 0 bridgehead atoms. The van der Waals surface area contributed by atoms with Gasteiger partial charge in [-0.1, -0.05) is 266 Å². The summed E-state index contributed by atoms with van der Waals surface area (Å²) in [6.07, 6.45) is 49.6. The van der Waals surface area contributed by atoms with Crippen molar-refractivity contribution in [3.63, 3.8) is 0 Å². The topological polar surface area (TPSA) is 78.9 Å². The van der Waals surface area contributed by atoms with E-state index in [0.717, 1.165) is 69.6 Å². The molecule has 0 aliphatic heterocycles. The van der Waals surface area contributed by atoms with Gasteiger partial charge in [0.1, 0.15) is 13.2 Å². The van der Waals surface area contributed by atoms with E-state index in [1.807, 2.05) is 0 Å². The predicted molar refractivity (Wildman–Crippen MR) is 261 cm³/mol. The summed E-state index contributed by atoms with van der Waals surface area (Å²) in [6, 6.07) is 0. The number of hydrogen-bond donors (Lipinski definition) is 0. The minimum Gasteiger partial charge on any atom is -0.462 e. The van der Waals surface area contributed by atoms with E-state index in [2.05, 4.69) is 34.6 Å². The van der Waals surface area contributed by atoms with Crippen molar-refractivity contribution < 1.29 is 28.6 Å². The molecule has 61 heavy (non-hydrogen) atoms. The van der Waals surface area contributed by atoms with Crippen molar-refractivity contribution >= 4 is 17.9 Å². The molecule has 6 nitrogen and oxygen atoms in total. The molecule has 0 aliphatic carbocycles. The fraction of sp³-hybridized carbons (Fsp3) is 0.945. The van der Waals surface area contributed by atoms with Crippen molar-refractivity contribution in [3.8, 4) is 0 Å². The van der Waals surface area contributed by atoms with Gasteiger partial charge in [-0.05, 0) is 31.1 Å². The summed E-state index contributed by atoms with van der Waals surface area (Å²) >= 11 is 0. The molecule has 0 radical (unpaired) electrons. The van der Waals surface area contributed by atoms with Crippen LogP contribution in [0.1, 0.15) is 304 Å². The highest BCUT2D eigenvalue weighted by Gasteiger charge is 2.19. The smallest absolute Gasteiger partial charge is 0.306 e. The molecule has 0 aliphatic rings. The van der Waals surface area contributed by atoms with E-state index in [0.29, 0.717) is 19.3 Å². The van der Waals surface area contributed by atoms with Crippen molar-refractivity contribution in [1.82, 2.24) is 0 Å². The molecule has 0 aromatic carbocycles. The first-order valence-electron chi connectivity index (χ1n) is 27.2. The minimum absolute atomic E-state index is 0.0635. The number of carbonyl (C=O) groups is 3. The zero-order valence-corrected chi connectivity index (χ0v) is 41.8. The van der Waals surface area contributed by atoms with E-state index in [1.54, 1.807) is 0 Å². The lowest BCUT2D eigenvalue weighted by Gasteiger charge is -2.18. The van der Waals surface area contributed by atoms with Crippen molar-refractivity contribution in [2.24, 2.45) is 11.8 Å². The monoisotopic (exact) mass is 863 g/mol. The second-order valence-electron chi connectivity index (χ2n) is 19.8. The van der Waals surface area contributed by atoms with Gasteiger partial charge in [0.25, 0.3) is 0 Å². The van der Waals surface area contributed by atoms with Crippen LogP contribution in [0.3, 0.4) is 0 Å². The van der Waals surface area contributed by atoms with Gasteiger partial charge < -0.3 is 14.2 Å². The summed E-state index contributed by atoms with van der Waals surface area (Å²) < 4.78 is 16.8. The molecule has 0 heterocycles. The average molecular weight is 863 g/mol. The molecule has 362 valence electrons. The Morgan fingerprint density at radius 1 is 0.311 bits per heavy atom. The van der Waals surface area contributed by atoms with Crippen LogP contribution in [0.5, 0.6) is 0 Å². The molecule has 0 unspecified atom stereocenters. The second kappa shape index (κ2) is 47.9. The lowest BCUT2D eigenvalue weighted by atomic mass is 10.0. The number of carbonyl (C=O) groups excluding carboxylic acids is 3. The van der Waals surface area contributed by atoms with Crippen LogP contribution in [0.15, 0.2) is 0 Å². The Labute approximate surface area is 380 Å². The van der Waals surface area contributed by atoms with E-state index >= 15 is 0 Å².